The fraction of sp³-hybridized carbons (Fsp3) is 1.00. The van der Waals surface area contributed by atoms with Crippen molar-refractivity contribution >= 4 is 0 Å². The highest BCUT2D eigenvalue weighted by atomic mass is 19.3. The Bertz CT molecular complexity index is 166. The summed E-state index contributed by atoms with van der Waals surface area (Å²) in [5, 5.41) is 0. The minimum Gasteiger partial charge on any atom is -0.253 e. The van der Waals surface area contributed by atoms with Crippen LogP contribution in [-0.4, -0.2) is 24.8 Å². The standard InChI is InChI=1S/C5H5F7O/c1-2(6)4(9,10)5(11,12)13-3(7)8/h2-3H,1H3. The summed E-state index contributed by atoms with van der Waals surface area (Å²) in [4.78, 5) is 0. The summed E-state index contributed by atoms with van der Waals surface area (Å²) >= 11 is 0. The third-order valence-electron chi connectivity index (χ3n) is 1.12. The second kappa shape index (κ2) is 3.69. The zero-order valence-corrected chi connectivity index (χ0v) is 6.21. The van der Waals surface area contributed by atoms with Gasteiger partial charge in [0.1, 0.15) is 0 Å². The van der Waals surface area contributed by atoms with E-state index in [0.717, 1.165) is 0 Å². The smallest absolute Gasteiger partial charge is 0.253 e. The Labute approximate surface area is 68.5 Å². The van der Waals surface area contributed by atoms with Crippen LogP contribution in [0.4, 0.5) is 30.7 Å². The van der Waals surface area contributed by atoms with Gasteiger partial charge in [0.2, 0.25) is 0 Å². The number of alkyl halides is 7. The number of halogens is 7. The van der Waals surface area contributed by atoms with Crippen LogP contribution in [0.5, 0.6) is 0 Å². The monoisotopic (exact) mass is 214 g/mol. The Morgan fingerprint density at radius 3 is 1.62 bits per heavy atom. The van der Waals surface area contributed by atoms with E-state index in [1.54, 1.807) is 0 Å². The van der Waals surface area contributed by atoms with Crippen LogP contribution in [0.2, 0.25) is 0 Å². The maximum atomic E-state index is 12.1. The molecule has 13 heavy (non-hydrogen) atoms. The molecule has 0 saturated carbocycles. The van der Waals surface area contributed by atoms with E-state index in [-0.39, 0.29) is 6.92 Å². The number of hydrogen-bond acceptors (Lipinski definition) is 1. The molecule has 80 valence electrons. The van der Waals surface area contributed by atoms with Gasteiger partial charge in [-0.3, -0.25) is 4.74 Å². The molecule has 0 aliphatic carbocycles. The van der Waals surface area contributed by atoms with Crippen LogP contribution < -0.4 is 0 Å². The maximum absolute atomic E-state index is 12.1. The summed E-state index contributed by atoms with van der Waals surface area (Å²) in [6.07, 6.45) is -8.81. The van der Waals surface area contributed by atoms with Crippen molar-refractivity contribution in [3.05, 3.63) is 0 Å². The zero-order chi connectivity index (χ0) is 10.9. The molecule has 0 aliphatic rings. The molecule has 0 aliphatic heterocycles. The first-order valence-corrected chi connectivity index (χ1v) is 2.97. The molecule has 0 aromatic heterocycles. The van der Waals surface area contributed by atoms with Crippen molar-refractivity contribution in [1.29, 1.82) is 0 Å². The van der Waals surface area contributed by atoms with E-state index in [1.165, 1.54) is 0 Å². The molecule has 1 nitrogen and oxygen atoms in total. The Balaban J connectivity index is 4.60. The van der Waals surface area contributed by atoms with Gasteiger partial charge >= 0.3 is 18.6 Å². The molecule has 0 fully saturated rings. The molecule has 0 aromatic rings. The predicted molar refractivity (Wildman–Crippen MR) is 27.6 cm³/mol. The highest BCUT2D eigenvalue weighted by molar-refractivity contribution is 4.82. The number of rotatable bonds is 4. The quantitative estimate of drug-likeness (QED) is 0.654. The van der Waals surface area contributed by atoms with Crippen molar-refractivity contribution in [2.45, 2.75) is 31.7 Å². The van der Waals surface area contributed by atoms with Gasteiger partial charge < -0.3 is 0 Å². The van der Waals surface area contributed by atoms with E-state index in [1.807, 2.05) is 0 Å². The van der Waals surface area contributed by atoms with Gasteiger partial charge in [0.15, 0.2) is 6.17 Å². The second-order valence-electron chi connectivity index (χ2n) is 2.13. The molecule has 0 aromatic carbocycles. The minimum atomic E-state index is -5.52. The van der Waals surface area contributed by atoms with Gasteiger partial charge in [-0.2, -0.15) is 26.3 Å². The van der Waals surface area contributed by atoms with Crippen molar-refractivity contribution in [2.24, 2.45) is 0 Å². The molecule has 0 amide bonds. The van der Waals surface area contributed by atoms with Gasteiger partial charge in [0, 0.05) is 0 Å². The van der Waals surface area contributed by atoms with Gasteiger partial charge in [0.25, 0.3) is 0 Å². The van der Waals surface area contributed by atoms with Crippen LogP contribution in [0.1, 0.15) is 6.92 Å². The highest BCUT2D eigenvalue weighted by Crippen LogP contribution is 2.40. The first-order valence-electron chi connectivity index (χ1n) is 2.97. The predicted octanol–water partition coefficient (Wildman–Crippen LogP) is 2.81. The van der Waals surface area contributed by atoms with Crippen molar-refractivity contribution < 1.29 is 35.5 Å². The van der Waals surface area contributed by atoms with Gasteiger partial charge in [-0.05, 0) is 6.92 Å². The Morgan fingerprint density at radius 1 is 1.00 bits per heavy atom. The first kappa shape index (κ1) is 12.5. The van der Waals surface area contributed by atoms with Gasteiger partial charge in [-0.25, -0.2) is 4.39 Å². The third kappa shape index (κ3) is 2.71. The molecule has 1 unspecified atom stereocenters. The summed E-state index contributed by atoms with van der Waals surface area (Å²) in [7, 11) is 0. The molecule has 8 heteroatoms. The van der Waals surface area contributed by atoms with Gasteiger partial charge in [0.05, 0.1) is 0 Å². The Hall–Kier alpha value is -0.530. The van der Waals surface area contributed by atoms with Gasteiger partial charge in [-0.1, -0.05) is 0 Å². The van der Waals surface area contributed by atoms with Crippen molar-refractivity contribution in [1.82, 2.24) is 0 Å². The van der Waals surface area contributed by atoms with Crippen molar-refractivity contribution in [2.75, 3.05) is 0 Å². The molecule has 0 bridgehead atoms. The summed E-state index contributed by atoms with van der Waals surface area (Å²) in [6, 6.07) is 0. The van der Waals surface area contributed by atoms with Crippen molar-refractivity contribution in [3.63, 3.8) is 0 Å². The van der Waals surface area contributed by atoms with E-state index in [0.29, 0.717) is 0 Å². The topological polar surface area (TPSA) is 9.23 Å². The van der Waals surface area contributed by atoms with E-state index < -0.39 is 24.8 Å². The largest absolute Gasteiger partial charge is 0.426 e. The molecule has 0 spiro atoms. The Morgan fingerprint density at radius 2 is 1.38 bits per heavy atom. The lowest BCUT2D eigenvalue weighted by atomic mass is 10.2. The van der Waals surface area contributed by atoms with Crippen molar-refractivity contribution in [3.8, 4) is 0 Å². The molecule has 0 saturated heterocycles. The van der Waals surface area contributed by atoms with Crippen LogP contribution in [-0.2, 0) is 4.74 Å². The molecule has 0 N–H and O–H groups in total. The van der Waals surface area contributed by atoms with Gasteiger partial charge in [-0.15, -0.1) is 0 Å². The summed E-state index contributed by atoms with van der Waals surface area (Å²) in [6.45, 7) is -3.98. The summed E-state index contributed by atoms with van der Waals surface area (Å²) in [5.41, 5.74) is 0. The van der Waals surface area contributed by atoms with Crippen LogP contribution in [0, 0.1) is 0 Å². The summed E-state index contributed by atoms with van der Waals surface area (Å²) in [5.74, 6) is -5.27. The normalized spacial score (nSPS) is 16.4. The van der Waals surface area contributed by atoms with Crippen LogP contribution in [0.25, 0.3) is 0 Å². The molecule has 0 rings (SSSR count). The molecule has 0 radical (unpaired) electrons. The molecule has 1 atom stereocenters. The first-order chi connectivity index (χ1) is 5.61. The lowest BCUT2D eigenvalue weighted by molar-refractivity contribution is -0.402. The minimum absolute atomic E-state index is 0.114. The molecular weight excluding hydrogens is 209 g/mol. The fourth-order valence-electron chi connectivity index (χ4n) is 0.422. The van der Waals surface area contributed by atoms with E-state index in [9.17, 15) is 30.7 Å². The highest BCUT2D eigenvalue weighted by Gasteiger charge is 2.63. The molecular formula is C5H5F7O. The Kier molecular flexibility index (Phi) is 3.54. The average molecular weight is 214 g/mol. The lowest BCUT2D eigenvalue weighted by Gasteiger charge is -2.26. The van der Waals surface area contributed by atoms with Crippen LogP contribution in [0.3, 0.4) is 0 Å². The van der Waals surface area contributed by atoms with E-state index in [2.05, 4.69) is 4.74 Å². The van der Waals surface area contributed by atoms with E-state index >= 15 is 0 Å². The lowest BCUT2D eigenvalue weighted by Crippen LogP contribution is -2.49. The number of hydrogen-bond donors (Lipinski definition) is 0. The second-order valence-corrected chi connectivity index (χ2v) is 2.13. The molecule has 0 heterocycles. The summed E-state index contributed by atoms with van der Waals surface area (Å²) < 4.78 is 84.7. The van der Waals surface area contributed by atoms with E-state index in [4.69, 9.17) is 0 Å². The van der Waals surface area contributed by atoms with Crippen LogP contribution >= 0.6 is 0 Å². The van der Waals surface area contributed by atoms with Crippen LogP contribution in [0.15, 0.2) is 0 Å². The third-order valence-corrected chi connectivity index (χ3v) is 1.12. The zero-order valence-electron chi connectivity index (χ0n) is 6.21. The average Bonchev–Trinajstić information content (AvgIpc) is 1.83. The number of ether oxygens (including phenoxy) is 1. The SMILES string of the molecule is CC(F)C(F)(F)C(F)(F)OC(F)F. The fourth-order valence-corrected chi connectivity index (χ4v) is 0.422. The maximum Gasteiger partial charge on any atom is 0.426 e.